The standard InChI is InChI=1S/C14H20ClFN2O/c1-9(2)7-18-14(19)10(3)17-8-11-4-5-13(16)12(15)6-11/h4-6,9-10,17H,7-8H2,1-3H3,(H,18,19). The second kappa shape index (κ2) is 7.46. The Kier molecular flexibility index (Phi) is 6.25. The smallest absolute Gasteiger partial charge is 0.236 e. The van der Waals surface area contributed by atoms with E-state index in [2.05, 4.69) is 10.6 Å². The SMILES string of the molecule is CC(C)CNC(=O)C(C)NCc1ccc(F)c(Cl)c1. The van der Waals surface area contributed by atoms with Crippen LogP contribution in [0.15, 0.2) is 18.2 Å². The van der Waals surface area contributed by atoms with Crippen LogP contribution in [0.2, 0.25) is 5.02 Å². The summed E-state index contributed by atoms with van der Waals surface area (Å²) in [5.41, 5.74) is 0.843. The molecule has 1 unspecified atom stereocenters. The molecule has 0 spiro atoms. The molecule has 1 rings (SSSR count). The van der Waals surface area contributed by atoms with Crippen LogP contribution < -0.4 is 10.6 Å². The van der Waals surface area contributed by atoms with E-state index in [-0.39, 0.29) is 17.0 Å². The highest BCUT2D eigenvalue weighted by molar-refractivity contribution is 6.30. The van der Waals surface area contributed by atoms with Gasteiger partial charge in [-0.05, 0) is 30.5 Å². The average molecular weight is 287 g/mol. The molecular formula is C14H20ClFN2O. The third-order valence-corrected chi connectivity index (χ3v) is 2.96. The molecule has 2 N–H and O–H groups in total. The number of halogens is 2. The number of hydrogen-bond acceptors (Lipinski definition) is 2. The molecule has 0 aliphatic heterocycles. The molecule has 0 saturated carbocycles. The second-order valence-electron chi connectivity index (χ2n) is 4.99. The quantitative estimate of drug-likeness (QED) is 0.844. The lowest BCUT2D eigenvalue weighted by Crippen LogP contribution is -2.42. The first kappa shape index (κ1) is 15.9. The highest BCUT2D eigenvalue weighted by Gasteiger charge is 2.12. The van der Waals surface area contributed by atoms with Crippen molar-refractivity contribution in [2.75, 3.05) is 6.54 Å². The lowest BCUT2D eigenvalue weighted by molar-refractivity contribution is -0.122. The topological polar surface area (TPSA) is 41.1 Å². The van der Waals surface area contributed by atoms with Crippen molar-refractivity contribution in [3.8, 4) is 0 Å². The molecule has 3 nitrogen and oxygen atoms in total. The Morgan fingerprint density at radius 3 is 2.63 bits per heavy atom. The summed E-state index contributed by atoms with van der Waals surface area (Å²) in [6.45, 7) is 7.00. The van der Waals surface area contributed by atoms with Crippen molar-refractivity contribution >= 4 is 17.5 Å². The van der Waals surface area contributed by atoms with E-state index in [0.29, 0.717) is 19.0 Å². The van der Waals surface area contributed by atoms with Crippen LogP contribution in [0.4, 0.5) is 4.39 Å². The monoisotopic (exact) mass is 286 g/mol. The van der Waals surface area contributed by atoms with Gasteiger partial charge in [0.1, 0.15) is 5.82 Å². The molecule has 1 aromatic carbocycles. The summed E-state index contributed by atoms with van der Waals surface area (Å²) < 4.78 is 13.0. The van der Waals surface area contributed by atoms with Crippen molar-refractivity contribution in [1.29, 1.82) is 0 Å². The van der Waals surface area contributed by atoms with Crippen LogP contribution in [0.3, 0.4) is 0 Å². The van der Waals surface area contributed by atoms with Crippen LogP contribution in [0.25, 0.3) is 0 Å². The van der Waals surface area contributed by atoms with E-state index in [4.69, 9.17) is 11.6 Å². The van der Waals surface area contributed by atoms with Gasteiger partial charge in [0.2, 0.25) is 5.91 Å². The molecule has 0 bridgehead atoms. The van der Waals surface area contributed by atoms with Gasteiger partial charge in [0.25, 0.3) is 0 Å². The minimum atomic E-state index is -0.437. The first-order valence-electron chi connectivity index (χ1n) is 6.35. The molecule has 0 heterocycles. The van der Waals surface area contributed by atoms with Crippen molar-refractivity contribution in [3.63, 3.8) is 0 Å². The summed E-state index contributed by atoms with van der Waals surface area (Å²) in [7, 11) is 0. The third kappa shape index (κ3) is 5.57. The van der Waals surface area contributed by atoms with Crippen molar-refractivity contribution in [2.24, 2.45) is 5.92 Å². The highest BCUT2D eigenvalue weighted by Crippen LogP contribution is 2.15. The van der Waals surface area contributed by atoms with Crippen LogP contribution in [0, 0.1) is 11.7 Å². The van der Waals surface area contributed by atoms with E-state index in [9.17, 15) is 9.18 Å². The molecular weight excluding hydrogens is 267 g/mol. The number of carbonyl (C=O) groups is 1. The number of amides is 1. The summed E-state index contributed by atoms with van der Waals surface area (Å²) in [4.78, 5) is 11.7. The molecule has 0 aliphatic rings. The van der Waals surface area contributed by atoms with Gasteiger partial charge in [0.15, 0.2) is 0 Å². The Bertz CT molecular complexity index is 437. The first-order chi connectivity index (χ1) is 8.90. The lowest BCUT2D eigenvalue weighted by atomic mass is 10.2. The van der Waals surface area contributed by atoms with E-state index in [1.165, 1.54) is 6.07 Å². The fourth-order valence-electron chi connectivity index (χ4n) is 1.47. The van der Waals surface area contributed by atoms with Crippen molar-refractivity contribution < 1.29 is 9.18 Å². The Balaban J connectivity index is 2.42. The summed E-state index contributed by atoms with van der Waals surface area (Å²) in [5, 5.41) is 6.02. The predicted octanol–water partition coefficient (Wildman–Crippen LogP) is 2.73. The maximum absolute atomic E-state index is 13.0. The Labute approximate surface area is 118 Å². The predicted molar refractivity (Wildman–Crippen MR) is 75.6 cm³/mol. The zero-order valence-electron chi connectivity index (χ0n) is 11.5. The lowest BCUT2D eigenvalue weighted by Gasteiger charge is -2.15. The van der Waals surface area contributed by atoms with Gasteiger partial charge < -0.3 is 10.6 Å². The average Bonchev–Trinajstić information content (AvgIpc) is 2.36. The highest BCUT2D eigenvalue weighted by atomic mass is 35.5. The minimum Gasteiger partial charge on any atom is -0.354 e. The van der Waals surface area contributed by atoms with Gasteiger partial charge in [0.05, 0.1) is 11.1 Å². The van der Waals surface area contributed by atoms with Crippen LogP contribution >= 0.6 is 11.6 Å². The van der Waals surface area contributed by atoms with Gasteiger partial charge in [0, 0.05) is 13.1 Å². The molecule has 5 heteroatoms. The Morgan fingerprint density at radius 2 is 2.05 bits per heavy atom. The second-order valence-corrected chi connectivity index (χ2v) is 5.40. The number of rotatable bonds is 6. The van der Waals surface area contributed by atoms with E-state index in [1.807, 2.05) is 13.8 Å². The van der Waals surface area contributed by atoms with Crippen molar-refractivity contribution in [1.82, 2.24) is 10.6 Å². The molecule has 0 radical (unpaired) electrons. The van der Waals surface area contributed by atoms with Gasteiger partial charge >= 0.3 is 0 Å². The van der Waals surface area contributed by atoms with Crippen LogP contribution in [0.5, 0.6) is 0 Å². The van der Waals surface area contributed by atoms with E-state index in [0.717, 1.165) is 5.56 Å². The Morgan fingerprint density at radius 1 is 1.37 bits per heavy atom. The summed E-state index contributed by atoms with van der Waals surface area (Å²) in [6.07, 6.45) is 0. The first-order valence-corrected chi connectivity index (χ1v) is 6.73. The molecule has 106 valence electrons. The summed E-state index contributed by atoms with van der Waals surface area (Å²) in [6, 6.07) is 4.22. The fourth-order valence-corrected chi connectivity index (χ4v) is 1.67. The molecule has 0 saturated heterocycles. The molecule has 1 aromatic rings. The Hall–Kier alpha value is -1.13. The minimum absolute atomic E-state index is 0.0399. The van der Waals surface area contributed by atoms with Crippen molar-refractivity contribution in [3.05, 3.63) is 34.6 Å². The third-order valence-electron chi connectivity index (χ3n) is 2.67. The largest absolute Gasteiger partial charge is 0.354 e. The number of carbonyl (C=O) groups excluding carboxylic acids is 1. The number of nitrogens with one attached hydrogen (secondary N) is 2. The van der Waals surface area contributed by atoms with E-state index < -0.39 is 5.82 Å². The maximum atomic E-state index is 13.0. The zero-order chi connectivity index (χ0) is 14.4. The summed E-state index contributed by atoms with van der Waals surface area (Å²) in [5.74, 6) is -0.0536. The molecule has 0 aliphatic carbocycles. The molecule has 0 fully saturated rings. The van der Waals surface area contributed by atoms with Crippen LogP contribution in [0.1, 0.15) is 26.3 Å². The molecule has 19 heavy (non-hydrogen) atoms. The maximum Gasteiger partial charge on any atom is 0.236 e. The van der Waals surface area contributed by atoms with E-state index in [1.54, 1.807) is 19.1 Å². The number of benzene rings is 1. The van der Waals surface area contributed by atoms with Crippen LogP contribution in [-0.2, 0) is 11.3 Å². The van der Waals surface area contributed by atoms with Gasteiger partial charge in [-0.25, -0.2) is 4.39 Å². The van der Waals surface area contributed by atoms with Gasteiger partial charge in [-0.2, -0.15) is 0 Å². The normalized spacial score (nSPS) is 12.5. The fraction of sp³-hybridized carbons (Fsp3) is 0.500. The van der Waals surface area contributed by atoms with E-state index >= 15 is 0 Å². The van der Waals surface area contributed by atoms with Crippen molar-refractivity contribution in [2.45, 2.75) is 33.4 Å². The van der Waals surface area contributed by atoms with Gasteiger partial charge in [-0.3, -0.25) is 4.79 Å². The summed E-state index contributed by atoms with van der Waals surface area (Å²) >= 11 is 5.69. The molecule has 1 atom stereocenters. The number of hydrogen-bond donors (Lipinski definition) is 2. The molecule has 1 amide bonds. The van der Waals surface area contributed by atoms with Crippen LogP contribution in [-0.4, -0.2) is 18.5 Å². The molecule has 0 aromatic heterocycles. The zero-order valence-corrected chi connectivity index (χ0v) is 12.2. The van der Waals surface area contributed by atoms with Gasteiger partial charge in [-0.1, -0.05) is 31.5 Å². The van der Waals surface area contributed by atoms with Gasteiger partial charge in [-0.15, -0.1) is 0 Å².